The lowest BCUT2D eigenvalue weighted by Gasteiger charge is -2.01. The van der Waals surface area contributed by atoms with Gasteiger partial charge in [0.05, 0.1) is 6.21 Å². The Morgan fingerprint density at radius 3 is 3.00 bits per heavy atom. The Morgan fingerprint density at radius 2 is 2.26 bits per heavy atom. The van der Waals surface area contributed by atoms with Gasteiger partial charge in [0.1, 0.15) is 6.26 Å². The summed E-state index contributed by atoms with van der Waals surface area (Å²) in [4.78, 5) is 11.4. The van der Waals surface area contributed by atoms with Crippen molar-refractivity contribution in [3.63, 3.8) is 0 Å². The van der Waals surface area contributed by atoms with Crippen molar-refractivity contribution < 1.29 is 9.52 Å². The van der Waals surface area contributed by atoms with E-state index in [1.165, 1.54) is 10.9 Å². The molecule has 23 heavy (non-hydrogen) atoms. The first-order valence-electron chi connectivity index (χ1n) is 6.65. The Morgan fingerprint density at radius 1 is 1.43 bits per heavy atom. The van der Waals surface area contributed by atoms with Gasteiger partial charge in [0.2, 0.25) is 10.2 Å². The molecule has 0 aliphatic rings. The van der Waals surface area contributed by atoms with E-state index in [0.29, 0.717) is 10.6 Å². The van der Waals surface area contributed by atoms with Crippen LogP contribution in [0.2, 0.25) is 0 Å². The van der Waals surface area contributed by atoms with Crippen molar-refractivity contribution in [1.29, 1.82) is 0 Å². The summed E-state index contributed by atoms with van der Waals surface area (Å²) in [7, 11) is 0. The minimum atomic E-state index is -0.549. The molecule has 0 unspecified atom stereocenters. The van der Waals surface area contributed by atoms with Crippen molar-refractivity contribution in [3.8, 4) is 17.1 Å². The molecule has 0 saturated carbocycles. The molecule has 0 aliphatic carbocycles. The topological polar surface area (TPSA) is 96.4 Å². The summed E-state index contributed by atoms with van der Waals surface area (Å²) in [6, 6.07) is 8.87. The summed E-state index contributed by atoms with van der Waals surface area (Å²) in [5.74, 6) is 0.268. The number of nitrogens with one attached hydrogen (secondary N) is 1. The Balaban J connectivity index is 2.02. The van der Waals surface area contributed by atoms with Crippen LogP contribution in [0.3, 0.4) is 0 Å². The third kappa shape index (κ3) is 3.11. The monoisotopic (exact) mass is 328 g/mol. The fourth-order valence-electron chi connectivity index (χ4n) is 1.97. The van der Waals surface area contributed by atoms with Crippen LogP contribution in [-0.2, 0) is 0 Å². The second kappa shape index (κ2) is 6.01. The summed E-state index contributed by atoms with van der Waals surface area (Å²) >= 11 is 5.17. The number of hydrogen-bond acceptors (Lipinski definition) is 6. The molecular weight excluding hydrogens is 316 g/mol. The number of rotatable bonds is 3. The number of nitrogens with zero attached hydrogens (tertiary/aromatic N) is 3. The number of aromatic hydroxyl groups is 1. The first kappa shape index (κ1) is 14.9. The molecule has 0 bridgehead atoms. The van der Waals surface area contributed by atoms with Gasteiger partial charge in [-0.1, -0.05) is 23.8 Å². The van der Waals surface area contributed by atoms with Gasteiger partial charge in [0.15, 0.2) is 17.3 Å². The molecule has 7 nitrogen and oxygen atoms in total. The van der Waals surface area contributed by atoms with Gasteiger partial charge in [-0.15, -0.1) is 0 Å². The van der Waals surface area contributed by atoms with Gasteiger partial charge in [0, 0.05) is 11.6 Å². The molecule has 2 aromatic heterocycles. The van der Waals surface area contributed by atoms with Crippen LogP contribution in [-0.4, -0.2) is 26.2 Å². The van der Waals surface area contributed by atoms with Crippen LogP contribution >= 0.6 is 12.2 Å². The highest BCUT2D eigenvalue weighted by molar-refractivity contribution is 7.71. The van der Waals surface area contributed by atoms with E-state index in [-0.39, 0.29) is 5.76 Å². The zero-order valence-electron chi connectivity index (χ0n) is 12.1. The molecule has 0 amide bonds. The zero-order valence-corrected chi connectivity index (χ0v) is 12.9. The molecule has 0 atom stereocenters. The molecule has 3 aromatic rings. The van der Waals surface area contributed by atoms with E-state index in [1.54, 1.807) is 0 Å². The Bertz CT molecular complexity index is 1000. The minimum absolute atomic E-state index is 0.186. The number of aromatic nitrogens is 3. The number of benzene rings is 1. The van der Waals surface area contributed by atoms with Crippen LogP contribution in [0, 0.1) is 11.7 Å². The average molecular weight is 328 g/mol. The van der Waals surface area contributed by atoms with Crippen molar-refractivity contribution in [3.05, 3.63) is 62.9 Å². The summed E-state index contributed by atoms with van der Waals surface area (Å²) in [6.45, 7) is 1.98. The molecule has 0 fully saturated rings. The zero-order chi connectivity index (χ0) is 16.4. The summed E-state index contributed by atoms with van der Waals surface area (Å²) in [5, 5.41) is 20.2. The third-order valence-electron chi connectivity index (χ3n) is 3.06. The van der Waals surface area contributed by atoms with Crippen molar-refractivity contribution in [2.24, 2.45) is 5.10 Å². The second-order valence-corrected chi connectivity index (χ2v) is 5.20. The summed E-state index contributed by atoms with van der Waals surface area (Å²) in [5.41, 5.74) is 1.38. The van der Waals surface area contributed by atoms with E-state index >= 15 is 0 Å². The number of hydrogen-bond donors (Lipinski definition) is 2. The van der Waals surface area contributed by atoms with Gasteiger partial charge in [-0.25, -0.2) is 5.10 Å². The van der Waals surface area contributed by atoms with E-state index in [0.717, 1.165) is 23.5 Å². The lowest BCUT2D eigenvalue weighted by atomic mass is 10.1. The quantitative estimate of drug-likeness (QED) is 0.569. The van der Waals surface area contributed by atoms with Crippen LogP contribution in [0.15, 0.2) is 50.9 Å². The Kier molecular flexibility index (Phi) is 3.90. The number of aryl methyl sites for hydroxylation is 1. The van der Waals surface area contributed by atoms with Crippen LogP contribution < -0.4 is 5.43 Å². The smallest absolute Gasteiger partial charge is 0.227 e. The largest absolute Gasteiger partial charge is 0.502 e. The van der Waals surface area contributed by atoms with E-state index in [4.69, 9.17) is 16.6 Å². The van der Waals surface area contributed by atoms with Crippen molar-refractivity contribution in [2.75, 3.05) is 0 Å². The summed E-state index contributed by atoms with van der Waals surface area (Å²) in [6.07, 6.45) is 2.28. The van der Waals surface area contributed by atoms with Gasteiger partial charge in [-0.05, 0) is 25.2 Å². The minimum Gasteiger partial charge on any atom is -0.502 e. The molecule has 3 rings (SSSR count). The maximum absolute atomic E-state index is 11.4. The molecular formula is C15H12N4O3S. The highest BCUT2D eigenvalue weighted by atomic mass is 32.1. The Labute approximate surface area is 135 Å². The van der Waals surface area contributed by atoms with Gasteiger partial charge < -0.3 is 9.52 Å². The molecule has 2 heterocycles. The lowest BCUT2D eigenvalue weighted by molar-refractivity contribution is 0.427. The van der Waals surface area contributed by atoms with Gasteiger partial charge >= 0.3 is 0 Å². The molecule has 0 saturated heterocycles. The van der Waals surface area contributed by atoms with Crippen LogP contribution in [0.5, 0.6) is 5.75 Å². The first-order valence-corrected chi connectivity index (χ1v) is 7.06. The fraction of sp³-hybridized carbons (Fsp3) is 0.0667. The second-order valence-electron chi connectivity index (χ2n) is 4.81. The van der Waals surface area contributed by atoms with Crippen LogP contribution in [0.25, 0.3) is 11.4 Å². The lowest BCUT2D eigenvalue weighted by Crippen LogP contribution is -2.00. The van der Waals surface area contributed by atoms with E-state index in [2.05, 4.69) is 15.3 Å². The van der Waals surface area contributed by atoms with Crippen LogP contribution in [0.4, 0.5) is 0 Å². The first-order chi connectivity index (χ1) is 11.0. The number of aromatic amines is 1. The van der Waals surface area contributed by atoms with E-state index < -0.39 is 11.2 Å². The van der Waals surface area contributed by atoms with E-state index in [1.807, 2.05) is 31.2 Å². The average Bonchev–Trinajstić information content (AvgIpc) is 2.89. The predicted molar refractivity (Wildman–Crippen MR) is 87.2 cm³/mol. The van der Waals surface area contributed by atoms with Crippen molar-refractivity contribution in [2.45, 2.75) is 6.92 Å². The molecule has 116 valence electrons. The molecule has 1 aromatic carbocycles. The van der Waals surface area contributed by atoms with Gasteiger partial charge in [0.25, 0.3) is 0 Å². The highest BCUT2D eigenvalue weighted by Gasteiger charge is 2.08. The molecule has 0 aliphatic heterocycles. The maximum atomic E-state index is 11.4. The third-order valence-corrected chi connectivity index (χ3v) is 3.32. The predicted octanol–water partition coefficient (Wildman–Crippen LogP) is 2.46. The van der Waals surface area contributed by atoms with E-state index in [9.17, 15) is 9.90 Å². The molecule has 2 N–H and O–H groups in total. The summed E-state index contributed by atoms with van der Waals surface area (Å²) < 4.78 is 6.80. The normalized spacial score (nSPS) is 11.2. The maximum Gasteiger partial charge on any atom is 0.227 e. The molecule has 0 spiro atoms. The van der Waals surface area contributed by atoms with Gasteiger partial charge in [-0.2, -0.15) is 14.9 Å². The van der Waals surface area contributed by atoms with Crippen molar-refractivity contribution in [1.82, 2.24) is 14.9 Å². The highest BCUT2D eigenvalue weighted by Crippen LogP contribution is 2.18. The van der Waals surface area contributed by atoms with Crippen LogP contribution in [0.1, 0.15) is 11.3 Å². The Hall–Kier alpha value is -3.00. The fourth-order valence-corrected chi connectivity index (χ4v) is 2.15. The number of H-pyrrole nitrogens is 1. The standard InChI is InChI=1S/C15H12N4O3S/c1-9-3-2-4-10(5-9)14-17-18-15(23)19(14)16-7-11-6-12(20)13(21)8-22-11/h2-8,21H,1H3,(H,18,23). The molecule has 8 heteroatoms. The molecule has 0 radical (unpaired) electrons. The van der Waals surface area contributed by atoms with Gasteiger partial charge in [-0.3, -0.25) is 4.79 Å². The SMILES string of the molecule is Cc1cccc(-c2n[nH]c(=S)n2N=Cc2cc(=O)c(O)co2)c1. The van der Waals surface area contributed by atoms with Crippen molar-refractivity contribution >= 4 is 18.4 Å².